The van der Waals surface area contributed by atoms with E-state index in [0.29, 0.717) is 5.56 Å². The highest BCUT2D eigenvalue weighted by atomic mass is 19.1. The van der Waals surface area contributed by atoms with Crippen molar-refractivity contribution in [1.82, 2.24) is 0 Å². The molecule has 3 N–H and O–H groups in total. The second-order valence-corrected chi connectivity index (χ2v) is 3.21. The molecule has 0 aliphatic rings. The number of nitrogens with two attached hydrogens (primary N) is 1. The van der Waals surface area contributed by atoms with Crippen molar-refractivity contribution in [3.8, 4) is 5.75 Å². The molecule has 0 radical (unpaired) electrons. The van der Waals surface area contributed by atoms with Crippen LogP contribution in [0.3, 0.4) is 0 Å². The smallest absolute Gasteiger partial charge is 0.123 e. The van der Waals surface area contributed by atoms with Crippen LogP contribution in [0.1, 0.15) is 22.7 Å². The lowest BCUT2D eigenvalue weighted by Crippen LogP contribution is -2.12. The molecule has 0 amide bonds. The maximum atomic E-state index is 12.2. The van der Waals surface area contributed by atoms with Gasteiger partial charge in [0.1, 0.15) is 12.4 Å². The highest BCUT2D eigenvalue weighted by molar-refractivity contribution is 5.45. The van der Waals surface area contributed by atoms with Crippen LogP contribution in [-0.4, -0.2) is 11.8 Å². The van der Waals surface area contributed by atoms with Gasteiger partial charge in [-0.15, -0.1) is 0 Å². The summed E-state index contributed by atoms with van der Waals surface area (Å²) in [7, 11) is 0. The summed E-state index contributed by atoms with van der Waals surface area (Å²) in [5, 5.41) is 9.63. The molecule has 0 aromatic heterocycles. The van der Waals surface area contributed by atoms with Crippen molar-refractivity contribution in [1.29, 1.82) is 0 Å². The van der Waals surface area contributed by atoms with E-state index < -0.39 is 12.7 Å². The zero-order valence-corrected chi connectivity index (χ0v) is 7.84. The van der Waals surface area contributed by atoms with Gasteiger partial charge in [0.2, 0.25) is 0 Å². The first-order chi connectivity index (χ1) is 6.07. The fourth-order valence-electron chi connectivity index (χ4n) is 1.20. The Kier molecular flexibility index (Phi) is 2.88. The first-order valence-corrected chi connectivity index (χ1v) is 4.18. The van der Waals surface area contributed by atoms with E-state index in [9.17, 15) is 9.50 Å². The summed E-state index contributed by atoms with van der Waals surface area (Å²) in [6.07, 6.45) is 0. The zero-order chi connectivity index (χ0) is 10.0. The lowest BCUT2D eigenvalue weighted by molar-refractivity contribution is 0.412. The van der Waals surface area contributed by atoms with Crippen LogP contribution in [0.15, 0.2) is 12.1 Å². The molecule has 0 aliphatic carbocycles. The van der Waals surface area contributed by atoms with Crippen LogP contribution in [0.4, 0.5) is 4.39 Å². The van der Waals surface area contributed by atoms with Crippen LogP contribution in [-0.2, 0) is 0 Å². The molecule has 2 nitrogen and oxygen atoms in total. The molecule has 1 unspecified atom stereocenters. The molecule has 0 spiro atoms. The molecular formula is C10H14FNO. The predicted molar refractivity (Wildman–Crippen MR) is 50.5 cm³/mol. The Hall–Kier alpha value is -1.09. The zero-order valence-electron chi connectivity index (χ0n) is 7.84. The second kappa shape index (κ2) is 3.75. The van der Waals surface area contributed by atoms with Crippen molar-refractivity contribution in [3.63, 3.8) is 0 Å². The minimum atomic E-state index is -0.723. The summed E-state index contributed by atoms with van der Waals surface area (Å²) in [4.78, 5) is 0. The quantitative estimate of drug-likeness (QED) is 0.736. The third-order valence-corrected chi connectivity index (χ3v) is 2.30. The SMILES string of the molecule is Cc1ccc(C(N)CF)c(O)c1C. The van der Waals surface area contributed by atoms with Crippen LogP contribution in [0.2, 0.25) is 0 Å². The van der Waals surface area contributed by atoms with Crippen molar-refractivity contribution >= 4 is 0 Å². The summed E-state index contributed by atoms with van der Waals surface area (Å²) in [5.41, 5.74) is 7.70. The topological polar surface area (TPSA) is 46.2 Å². The molecule has 0 heterocycles. The molecule has 3 heteroatoms. The number of benzene rings is 1. The number of phenolic OH excluding ortho intramolecular Hbond substituents is 1. The predicted octanol–water partition coefficient (Wildman–Crippen LogP) is 1.98. The van der Waals surface area contributed by atoms with Crippen LogP contribution < -0.4 is 5.73 Å². The highest BCUT2D eigenvalue weighted by Crippen LogP contribution is 2.28. The third kappa shape index (κ3) is 1.80. The maximum Gasteiger partial charge on any atom is 0.123 e. The van der Waals surface area contributed by atoms with Crippen LogP contribution in [0.5, 0.6) is 5.75 Å². The molecule has 1 rings (SSSR count). The van der Waals surface area contributed by atoms with Crippen molar-refractivity contribution in [3.05, 3.63) is 28.8 Å². The number of hydrogen-bond donors (Lipinski definition) is 2. The maximum absolute atomic E-state index is 12.2. The molecule has 72 valence electrons. The number of phenols is 1. The van der Waals surface area contributed by atoms with E-state index in [1.165, 1.54) is 0 Å². The Morgan fingerprint density at radius 3 is 2.62 bits per heavy atom. The van der Waals surface area contributed by atoms with Gasteiger partial charge in [0.15, 0.2) is 0 Å². The summed E-state index contributed by atoms with van der Waals surface area (Å²) >= 11 is 0. The van der Waals surface area contributed by atoms with E-state index in [1.807, 2.05) is 13.0 Å². The van der Waals surface area contributed by atoms with Gasteiger partial charge in [-0.2, -0.15) is 0 Å². The first kappa shape index (κ1) is 9.99. The lowest BCUT2D eigenvalue weighted by Gasteiger charge is -2.13. The number of aromatic hydroxyl groups is 1. The standard InChI is InChI=1S/C10H14FNO/c1-6-3-4-8(9(12)5-11)10(13)7(6)2/h3-4,9,13H,5,12H2,1-2H3. The monoisotopic (exact) mass is 183 g/mol. The van der Waals surface area contributed by atoms with Crippen LogP contribution in [0.25, 0.3) is 0 Å². The van der Waals surface area contributed by atoms with E-state index in [-0.39, 0.29) is 5.75 Å². The molecule has 1 aromatic carbocycles. The highest BCUT2D eigenvalue weighted by Gasteiger charge is 2.12. The molecule has 13 heavy (non-hydrogen) atoms. The van der Waals surface area contributed by atoms with Crippen molar-refractivity contribution in [2.45, 2.75) is 19.9 Å². The molecule has 0 saturated heterocycles. The fraction of sp³-hybridized carbons (Fsp3) is 0.400. The van der Waals surface area contributed by atoms with Gasteiger partial charge in [0, 0.05) is 5.56 Å². The van der Waals surface area contributed by atoms with Gasteiger partial charge in [-0.1, -0.05) is 12.1 Å². The average molecular weight is 183 g/mol. The summed E-state index contributed by atoms with van der Waals surface area (Å²) in [5.74, 6) is 0.116. The second-order valence-electron chi connectivity index (χ2n) is 3.21. The Morgan fingerprint density at radius 1 is 1.46 bits per heavy atom. The first-order valence-electron chi connectivity index (χ1n) is 4.18. The van der Waals surface area contributed by atoms with Gasteiger partial charge in [-0.3, -0.25) is 0 Å². The van der Waals surface area contributed by atoms with Gasteiger partial charge in [-0.05, 0) is 25.0 Å². The Bertz CT molecular complexity index is 312. The van der Waals surface area contributed by atoms with Crippen molar-refractivity contribution < 1.29 is 9.50 Å². The third-order valence-electron chi connectivity index (χ3n) is 2.30. The van der Waals surface area contributed by atoms with E-state index in [4.69, 9.17) is 5.73 Å². The van der Waals surface area contributed by atoms with Gasteiger partial charge >= 0.3 is 0 Å². The van der Waals surface area contributed by atoms with Crippen molar-refractivity contribution in [2.75, 3.05) is 6.67 Å². The molecular weight excluding hydrogens is 169 g/mol. The summed E-state index contributed by atoms with van der Waals surface area (Å²) in [6.45, 7) is 3.02. The molecule has 1 atom stereocenters. The van der Waals surface area contributed by atoms with Gasteiger partial charge in [-0.25, -0.2) is 4.39 Å². The van der Waals surface area contributed by atoms with Gasteiger partial charge in [0.25, 0.3) is 0 Å². The van der Waals surface area contributed by atoms with E-state index in [0.717, 1.165) is 11.1 Å². The normalized spacial score (nSPS) is 12.9. The average Bonchev–Trinajstić information content (AvgIpc) is 2.13. The number of hydrogen-bond acceptors (Lipinski definition) is 2. The number of alkyl halides is 1. The Labute approximate surface area is 77.2 Å². The van der Waals surface area contributed by atoms with E-state index in [1.54, 1.807) is 13.0 Å². The molecule has 0 saturated carbocycles. The summed E-state index contributed by atoms with van der Waals surface area (Å²) in [6, 6.07) is 2.78. The molecule has 0 aliphatic heterocycles. The fourth-order valence-corrected chi connectivity index (χ4v) is 1.20. The van der Waals surface area contributed by atoms with Crippen LogP contribution >= 0.6 is 0 Å². The molecule has 0 bridgehead atoms. The Morgan fingerprint density at radius 2 is 2.08 bits per heavy atom. The number of halogens is 1. The number of aryl methyl sites for hydroxylation is 1. The minimum Gasteiger partial charge on any atom is -0.507 e. The number of rotatable bonds is 2. The van der Waals surface area contributed by atoms with Gasteiger partial charge in [0.05, 0.1) is 6.04 Å². The largest absolute Gasteiger partial charge is 0.507 e. The van der Waals surface area contributed by atoms with Crippen LogP contribution in [0, 0.1) is 13.8 Å². The van der Waals surface area contributed by atoms with Crippen molar-refractivity contribution in [2.24, 2.45) is 5.73 Å². The minimum absolute atomic E-state index is 0.116. The summed E-state index contributed by atoms with van der Waals surface area (Å²) < 4.78 is 12.2. The molecule has 0 fully saturated rings. The lowest BCUT2D eigenvalue weighted by atomic mass is 10.0. The van der Waals surface area contributed by atoms with E-state index in [2.05, 4.69) is 0 Å². The molecule has 1 aromatic rings. The van der Waals surface area contributed by atoms with Gasteiger partial charge < -0.3 is 10.8 Å². The Balaban J connectivity index is 3.18. The van der Waals surface area contributed by atoms with E-state index >= 15 is 0 Å².